The van der Waals surface area contributed by atoms with Crippen molar-refractivity contribution in [3.63, 3.8) is 0 Å². The predicted molar refractivity (Wildman–Crippen MR) is 115 cm³/mol. The molecule has 0 aliphatic heterocycles. The molecule has 0 atom stereocenters. The SMILES string of the molecule is CCn1c(SCC(=O)Nc2cccc(C)c2)nc2ccc(I)cc2c1=O. The molecule has 0 spiro atoms. The molecule has 1 amide bonds. The van der Waals surface area contributed by atoms with Crippen molar-refractivity contribution in [1.29, 1.82) is 0 Å². The molecular formula is C19H18IN3O2S. The molecule has 0 bridgehead atoms. The molecule has 0 aliphatic rings. The lowest BCUT2D eigenvalue weighted by Crippen LogP contribution is -2.23. The van der Waals surface area contributed by atoms with Crippen LogP contribution in [0.5, 0.6) is 0 Å². The van der Waals surface area contributed by atoms with Crippen LogP contribution in [0.2, 0.25) is 0 Å². The summed E-state index contributed by atoms with van der Waals surface area (Å²) < 4.78 is 2.61. The number of nitrogens with one attached hydrogen (secondary N) is 1. The third-order valence-electron chi connectivity index (χ3n) is 3.83. The standard InChI is InChI=1S/C19H18IN3O2S/c1-3-23-18(25)15-10-13(20)7-8-16(15)22-19(23)26-11-17(24)21-14-6-4-5-12(2)9-14/h4-10H,3,11H2,1-2H3,(H,21,24). The van der Waals surface area contributed by atoms with E-state index in [1.54, 1.807) is 4.57 Å². The Morgan fingerprint density at radius 1 is 1.27 bits per heavy atom. The first-order chi connectivity index (χ1) is 12.5. The maximum absolute atomic E-state index is 12.7. The Balaban J connectivity index is 1.81. The lowest BCUT2D eigenvalue weighted by molar-refractivity contribution is -0.113. The molecule has 1 aromatic heterocycles. The van der Waals surface area contributed by atoms with Gasteiger partial charge in [-0.05, 0) is 72.3 Å². The fourth-order valence-corrected chi connectivity index (χ4v) is 3.97. The van der Waals surface area contributed by atoms with Gasteiger partial charge in [-0.15, -0.1) is 0 Å². The topological polar surface area (TPSA) is 64.0 Å². The number of halogens is 1. The van der Waals surface area contributed by atoms with E-state index in [-0.39, 0.29) is 17.2 Å². The highest BCUT2D eigenvalue weighted by molar-refractivity contribution is 14.1. The van der Waals surface area contributed by atoms with Crippen molar-refractivity contribution >= 4 is 56.9 Å². The Hall–Kier alpha value is -1.87. The number of thioether (sulfide) groups is 1. The van der Waals surface area contributed by atoms with Crippen molar-refractivity contribution in [3.8, 4) is 0 Å². The zero-order valence-corrected chi connectivity index (χ0v) is 17.4. The highest BCUT2D eigenvalue weighted by Crippen LogP contribution is 2.20. The van der Waals surface area contributed by atoms with Crippen molar-refractivity contribution < 1.29 is 4.79 Å². The van der Waals surface area contributed by atoms with Crippen LogP contribution in [0.1, 0.15) is 12.5 Å². The van der Waals surface area contributed by atoms with E-state index < -0.39 is 0 Å². The van der Waals surface area contributed by atoms with Crippen LogP contribution in [0, 0.1) is 10.5 Å². The molecule has 5 nitrogen and oxygen atoms in total. The molecule has 0 saturated carbocycles. The van der Waals surface area contributed by atoms with E-state index in [4.69, 9.17) is 0 Å². The van der Waals surface area contributed by atoms with E-state index in [0.717, 1.165) is 14.8 Å². The van der Waals surface area contributed by atoms with Gasteiger partial charge in [-0.1, -0.05) is 23.9 Å². The van der Waals surface area contributed by atoms with Crippen molar-refractivity contribution in [3.05, 3.63) is 62.0 Å². The smallest absolute Gasteiger partial charge is 0.262 e. The normalized spacial score (nSPS) is 10.9. The van der Waals surface area contributed by atoms with Gasteiger partial charge in [-0.25, -0.2) is 4.98 Å². The first-order valence-electron chi connectivity index (χ1n) is 8.17. The van der Waals surface area contributed by atoms with E-state index in [0.29, 0.717) is 22.6 Å². The molecule has 26 heavy (non-hydrogen) atoms. The number of aromatic nitrogens is 2. The number of amides is 1. The lowest BCUT2D eigenvalue weighted by atomic mass is 10.2. The van der Waals surface area contributed by atoms with Gasteiger partial charge in [-0.3, -0.25) is 14.2 Å². The van der Waals surface area contributed by atoms with Crippen molar-refractivity contribution in [2.45, 2.75) is 25.5 Å². The van der Waals surface area contributed by atoms with Gasteiger partial charge in [0.2, 0.25) is 5.91 Å². The molecular weight excluding hydrogens is 461 g/mol. The van der Waals surface area contributed by atoms with Crippen LogP contribution in [-0.2, 0) is 11.3 Å². The number of nitrogens with zero attached hydrogens (tertiary/aromatic N) is 2. The van der Waals surface area contributed by atoms with Crippen LogP contribution in [0.3, 0.4) is 0 Å². The van der Waals surface area contributed by atoms with Crippen molar-refractivity contribution in [2.75, 3.05) is 11.1 Å². The number of rotatable bonds is 5. The third kappa shape index (κ3) is 4.27. The lowest BCUT2D eigenvalue weighted by Gasteiger charge is -2.11. The summed E-state index contributed by atoms with van der Waals surface area (Å²) in [5.74, 6) is 0.0659. The van der Waals surface area contributed by atoms with Crippen LogP contribution < -0.4 is 10.9 Å². The number of benzene rings is 2. The molecule has 1 heterocycles. The first kappa shape index (κ1) is 18.9. The Labute approximate surface area is 169 Å². The van der Waals surface area contributed by atoms with Gasteiger partial charge in [-0.2, -0.15) is 0 Å². The third-order valence-corrected chi connectivity index (χ3v) is 5.48. The van der Waals surface area contributed by atoms with Crippen LogP contribution in [0.25, 0.3) is 10.9 Å². The predicted octanol–water partition coefficient (Wildman–Crippen LogP) is 4.06. The molecule has 3 aromatic rings. The minimum Gasteiger partial charge on any atom is -0.325 e. The van der Waals surface area contributed by atoms with Gasteiger partial charge < -0.3 is 5.32 Å². The Bertz CT molecular complexity index is 1030. The van der Waals surface area contributed by atoms with E-state index in [1.165, 1.54) is 11.8 Å². The number of carbonyl (C=O) groups excluding carboxylic acids is 1. The highest BCUT2D eigenvalue weighted by atomic mass is 127. The van der Waals surface area contributed by atoms with Crippen LogP contribution in [0.4, 0.5) is 5.69 Å². The molecule has 1 N–H and O–H groups in total. The van der Waals surface area contributed by atoms with E-state index >= 15 is 0 Å². The minimum atomic E-state index is -0.125. The van der Waals surface area contributed by atoms with Gasteiger partial charge in [0.1, 0.15) is 0 Å². The van der Waals surface area contributed by atoms with Gasteiger partial charge in [0.25, 0.3) is 5.56 Å². The van der Waals surface area contributed by atoms with Crippen LogP contribution in [0.15, 0.2) is 52.4 Å². The summed E-state index contributed by atoms with van der Waals surface area (Å²) in [5, 5.41) is 4.04. The number of aryl methyl sites for hydroxylation is 1. The molecule has 2 aromatic carbocycles. The van der Waals surface area contributed by atoms with E-state index in [1.807, 2.05) is 56.3 Å². The first-order valence-corrected chi connectivity index (χ1v) is 10.2. The summed E-state index contributed by atoms with van der Waals surface area (Å²) in [6, 6.07) is 13.3. The zero-order valence-electron chi connectivity index (χ0n) is 14.5. The zero-order chi connectivity index (χ0) is 18.7. The van der Waals surface area contributed by atoms with Gasteiger partial charge in [0.05, 0.1) is 16.7 Å². The number of hydrogen-bond acceptors (Lipinski definition) is 4. The maximum atomic E-state index is 12.7. The maximum Gasteiger partial charge on any atom is 0.262 e. The molecule has 0 unspecified atom stereocenters. The second-order valence-corrected chi connectivity index (χ2v) is 8.00. The summed E-state index contributed by atoms with van der Waals surface area (Å²) >= 11 is 3.46. The Morgan fingerprint density at radius 3 is 2.81 bits per heavy atom. The van der Waals surface area contributed by atoms with Crippen LogP contribution >= 0.6 is 34.4 Å². The largest absolute Gasteiger partial charge is 0.325 e. The van der Waals surface area contributed by atoms with Crippen LogP contribution in [-0.4, -0.2) is 21.2 Å². The fourth-order valence-electron chi connectivity index (χ4n) is 2.61. The molecule has 134 valence electrons. The molecule has 3 rings (SSSR count). The summed E-state index contributed by atoms with van der Waals surface area (Å²) in [5.41, 5.74) is 2.44. The Morgan fingerprint density at radius 2 is 2.08 bits per heavy atom. The number of hydrogen-bond donors (Lipinski definition) is 1. The number of fused-ring (bicyclic) bond motifs is 1. The highest BCUT2D eigenvalue weighted by Gasteiger charge is 2.13. The van der Waals surface area contributed by atoms with Gasteiger partial charge in [0, 0.05) is 15.8 Å². The Kier molecular flexibility index (Phi) is 5.98. The average molecular weight is 479 g/mol. The van der Waals surface area contributed by atoms with Crippen molar-refractivity contribution in [1.82, 2.24) is 9.55 Å². The van der Waals surface area contributed by atoms with Crippen molar-refractivity contribution in [2.24, 2.45) is 0 Å². The van der Waals surface area contributed by atoms with E-state index in [2.05, 4.69) is 32.9 Å². The minimum absolute atomic E-state index is 0.0717. The second kappa shape index (κ2) is 8.22. The molecule has 0 fully saturated rings. The molecule has 0 aliphatic carbocycles. The molecule has 0 radical (unpaired) electrons. The monoisotopic (exact) mass is 479 g/mol. The second-order valence-electron chi connectivity index (χ2n) is 5.81. The average Bonchev–Trinajstić information content (AvgIpc) is 2.61. The quantitative estimate of drug-likeness (QED) is 0.341. The van der Waals surface area contributed by atoms with Gasteiger partial charge in [0.15, 0.2) is 5.16 Å². The summed E-state index contributed by atoms with van der Waals surface area (Å²) in [4.78, 5) is 29.5. The molecule has 0 saturated heterocycles. The number of carbonyl (C=O) groups is 1. The molecule has 7 heteroatoms. The summed E-state index contributed by atoms with van der Waals surface area (Å²) in [6.07, 6.45) is 0. The van der Waals surface area contributed by atoms with Gasteiger partial charge >= 0.3 is 0 Å². The summed E-state index contributed by atoms with van der Waals surface area (Å²) in [7, 11) is 0. The fraction of sp³-hybridized carbons (Fsp3) is 0.211. The number of anilines is 1. The van der Waals surface area contributed by atoms with E-state index in [9.17, 15) is 9.59 Å². The summed E-state index contributed by atoms with van der Waals surface area (Å²) in [6.45, 7) is 4.39.